The number of rotatable bonds is 12. The molecule has 1 amide bonds. The summed E-state index contributed by atoms with van der Waals surface area (Å²) in [6.45, 7) is 5.36. The number of nitrogens with zero attached hydrogens (tertiary/aromatic N) is 2. The Morgan fingerprint density at radius 3 is 2.66 bits per heavy atom. The molecule has 0 atom stereocenters. The first-order valence-corrected chi connectivity index (χ1v) is 12.0. The van der Waals surface area contributed by atoms with Crippen LogP contribution in [0.4, 0.5) is 0 Å². The van der Waals surface area contributed by atoms with Crippen LogP contribution in [0.1, 0.15) is 43.2 Å². The molecule has 0 saturated heterocycles. The van der Waals surface area contributed by atoms with Crippen molar-refractivity contribution in [2.45, 2.75) is 57.7 Å². The zero-order chi connectivity index (χ0) is 22.9. The Balaban J connectivity index is 1.61. The number of hydrogen-bond acceptors (Lipinski definition) is 5. The first kappa shape index (κ1) is 23.9. The second kappa shape index (κ2) is 11.7. The number of carbonyl (C=O) groups is 1. The average Bonchev–Trinajstić information content (AvgIpc) is 2.77. The van der Waals surface area contributed by atoms with Crippen molar-refractivity contribution < 1.29 is 9.53 Å². The fourth-order valence-corrected chi connectivity index (χ4v) is 4.35. The first-order chi connectivity index (χ1) is 15.5. The van der Waals surface area contributed by atoms with Gasteiger partial charge in [-0.25, -0.2) is 4.98 Å². The van der Waals surface area contributed by atoms with Crippen LogP contribution in [0.3, 0.4) is 0 Å². The second-order valence-corrected chi connectivity index (χ2v) is 9.00. The molecule has 0 spiro atoms. The van der Waals surface area contributed by atoms with Crippen LogP contribution < -0.4 is 16.0 Å². The molecule has 2 N–H and O–H groups in total. The number of benzene rings is 2. The van der Waals surface area contributed by atoms with Gasteiger partial charge in [0.15, 0.2) is 5.16 Å². The molecule has 3 rings (SSSR count). The molecule has 2 aromatic carbocycles. The molecule has 0 unspecified atom stereocenters. The summed E-state index contributed by atoms with van der Waals surface area (Å²) in [6.07, 6.45) is 3.61. The largest absolute Gasteiger partial charge is 0.494 e. The second-order valence-electron chi connectivity index (χ2n) is 7.94. The minimum atomic E-state index is -0.284. The Morgan fingerprint density at radius 1 is 1.06 bits per heavy atom. The van der Waals surface area contributed by atoms with E-state index in [1.54, 1.807) is 16.3 Å². The predicted molar refractivity (Wildman–Crippen MR) is 130 cm³/mol. The van der Waals surface area contributed by atoms with E-state index in [0.717, 1.165) is 47.9 Å². The fourth-order valence-electron chi connectivity index (χ4n) is 3.42. The van der Waals surface area contributed by atoms with Crippen molar-refractivity contribution in [3.05, 3.63) is 63.9 Å². The molecule has 7 heteroatoms. The number of hydrogen-bond donors (Lipinski definition) is 1. The maximum absolute atomic E-state index is 13.1. The number of para-hydroxylation sites is 1. The van der Waals surface area contributed by atoms with Crippen molar-refractivity contribution in [2.75, 3.05) is 12.4 Å². The summed E-state index contributed by atoms with van der Waals surface area (Å²) in [5.41, 5.74) is 8.39. The Hall–Kier alpha value is -2.80. The lowest BCUT2D eigenvalue weighted by atomic mass is 10.1. The third kappa shape index (κ3) is 6.60. The monoisotopic (exact) mass is 453 g/mol. The van der Waals surface area contributed by atoms with Gasteiger partial charge >= 0.3 is 0 Å². The van der Waals surface area contributed by atoms with E-state index < -0.39 is 0 Å². The third-order valence-electron chi connectivity index (χ3n) is 5.40. The van der Waals surface area contributed by atoms with Crippen LogP contribution >= 0.6 is 11.8 Å². The number of aryl methyl sites for hydroxylation is 2. The van der Waals surface area contributed by atoms with Gasteiger partial charge in [-0.05, 0) is 68.5 Å². The van der Waals surface area contributed by atoms with E-state index in [1.165, 1.54) is 11.1 Å². The summed E-state index contributed by atoms with van der Waals surface area (Å²) in [4.78, 5) is 28.7. The van der Waals surface area contributed by atoms with E-state index in [1.807, 2.05) is 30.3 Å². The van der Waals surface area contributed by atoms with Gasteiger partial charge in [-0.15, -0.1) is 0 Å². The third-order valence-corrected chi connectivity index (χ3v) is 6.46. The van der Waals surface area contributed by atoms with E-state index in [9.17, 15) is 9.59 Å². The normalized spacial score (nSPS) is 11.1. The lowest BCUT2D eigenvalue weighted by Gasteiger charge is -2.13. The van der Waals surface area contributed by atoms with Crippen molar-refractivity contribution in [1.29, 1.82) is 0 Å². The van der Waals surface area contributed by atoms with E-state index in [-0.39, 0.29) is 11.5 Å². The van der Waals surface area contributed by atoms with E-state index in [2.05, 4.69) is 26.0 Å². The maximum atomic E-state index is 13.1. The number of ether oxygens (including phenoxy) is 1. The molecule has 170 valence electrons. The lowest BCUT2D eigenvalue weighted by molar-refractivity contribution is -0.118. The van der Waals surface area contributed by atoms with Crippen LogP contribution in [0.2, 0.25) is 0 Å². The number of primary amides is 1. The van der Waals surface area contributed by atoms with Gasteiger partial charge in [0.05, 0.1) is 17.5 Å². The van der Waals surface area contributed by atoms with Gasteiger partial charge < -0.3 is 10.5 Å². The fraction of sp³-hybridized carbons (Fsp3) is 0.400. The number of nitrogens with two attached hydrogens (primary N) is 1. The molecule has 0 fully saturated rings. The molecular formula is C25H31N3O3S. The number of thioether (sulfide) groups is 1. The molecule has 0 radical (unpaired) electrons. The van der Waals surface area contributed by atoms with Gasteiger partial charge in [0.25, 0.3) is 5.56 Å². The molecule has 1 aromatic heterocycles. The highest BCUT2D eigenvalue weighted by Crippen LogP contribution is 2.20. The Bertz CT molecular complexity index is 1130. The molecule has 0 saturated carbocycles. The van der Waals surface area contributed by atoms with E-state index >= 15 is 0 Å². The summed E-state index contributed by atoms with van der Waals surface area (Å²) in [5.74, 6) is 1.40. The summed E-state index contributed by atoms with van der Waals surface area (Å²) in [5, 5.41) is 1.36. The summed E-state index contributed by atoms with van der Waals surface area (Å²) in [7, 11) is 0. The molecule has 1 heterocycles. The van der Waals surface area contributed by atoms with Crippen LogP contribution in [0.15, 0.2) is 52.4 Å². The standard InChI is InChI=1S/C25H31N3O3S/c1-18-12-13-20(17-19(18)2)31-15-8-16-32-25-27-22-10-6-5-9-21(22)24(30)28(25)14-7-3-4-11-23(26)29/h5-6,9-10,12-13,17H,3-4,7-8,11,14-16H2,1-2H3,(H2,26,29). The van der Waals surface area contributed by atoms with Gasteiger partial charge in [0.1, 0.15) is 5.75 Å². The van der Waals surface area contributed by atoms with Crippen molar-refractivity contribution >= 4 is 28.6 Å². The number of unbranched alkanes of at least 4 members (excludes halogenated alkanes) is 2. The molecule has 6 nitrogen and oxygen atoms in total. The van der Waals surface area contributed by atoms with Crippen LogP contribution in [-0.4, -0.2) is 27.8 Å². The Morgan fingerprint density at radius 2 is 1.88 bits per heavy atom. The molecule has 3 aromatic rings. The highest BCUT2D eigenvalue weighted by molar-refractivity contribution is 7.99. The summed E-state index contributed by atoms with van der Waals surface area (Å²) in [6, 6.07) is 13.6. The molecule has 0 aliphatic carbocycles. The van der Waals surface area contributed by atoms with Crippen molar-refractivity contribution in [3.8, 4) is 5.75 Å². The zero-order valence-electron chi connectivity index (χ0n) is 18.8. The molecule has 32 heavy (non-hydrogen) atoms. The van der Waals surface area contributed by atoms with Gasteiger partial charge in [-0.1, -0.05) is 36.4 Å². The molecule has 0 bridgehead atoms. The maximum Gasteiger partial charge on any atom is 0.262 e. The summed E-state index contributed by atoms with van der Waals surface area (Å²) < 4.78 is 7.64. The van der Waals surface area contributed by atoms with Crippen LogP contribution in [-0.2, 0) is 11.3 Å². The zero-order valence-corrected chi connectivity index (χ0v) is 19.6. The molecular weight excluding hydrogens is 422 g/mol. The van der Waals surface area contributed by atoms with Gasteiger partial charge in [-0.3, -0.25) is 14.2 Å². The van der Waals surface area contributed by atoms with E-state index in [4.69, 9.17) is 15.5 Å². The smallest absolute Gasteiger partial charge is 0.262 e. The highest BCUT2D eigenvalue weighted by Gasteiger charge is 2.11. The van der Waals surface area contributed by atoms with Crippen molar-refractivity contribution in [1.82, 2.24) is 9.55 Å². The van der Waals surface area contributed by atoms with Gasteiger partial charge in [0.2, 0.25) is 5.91 Å². The topological polar surface area (TPSA) is 87.2 Å². The Labute approximate surface area is 193 Å². The van der Waals surface area contributed by atoms with Crippen LogP contribution in [0, 0.1) is 13.8 Å². The molecule has 0 aliphatic rings. The average molecular weight is 454 g/mol. The predicted octanol–water partition coefficient (Wildman–Crippen LogP) is 4.62. The van der Waals surface area contributed by atoms with E-state index in [0.29, 0.717) is 25.0 Å². The van der Waals surface area contributed by atoms with Gasteiger partial charge in [0, 0.05) is 18.7 Å². The van der Waals surface area contributed by atoms with Crippen LogP contribution in [0.25, 0.3) is 10.9 Å². The van der Waals surface area contributed by atoms with Crippen molar-refractivity contribution in [3.63, 3.8) is 0 Å². The quantitative estimate of drug-likeness (QED) is 0.246. The van der Waals surface area contributed by atoms with Crippen LogP contribution in [0.5, 0.6) is 5.75 Å². The summed E-state index contributed by atoms with van der Waals surface area (Å²) >= 11 is 1.58. The number of carbonyl (C=O) groups excluding carboxylic acids is 1. The molecule has 0 aliphatic heterocycles. The van der Waals surface area contributed by atoms with Crippen molar-refractivity contribution in [2.24, 2.45) is 5.73 Å². The number of aromatic nitrogens is 2. The highest BCUT2D eigenvalue weighted by atomic mass is 32.2. The minimum Gasteiger partial charge on any atom is -0.494 e. The Kier molecular flexibility index (Phi) is 8.73. The first-order valence-electron chi connectivity index (χ1n) is 11.1. The lowest BCUT2D eigenvalue weighted by Crippen LogP contribution is -2.23. The number of amides is 1. The SMILES string of the molecule is Cc1ccc(OCCCSc2nc3ccccc3c(=O)n2CCCCCC(N)=O)cc1C. The van der Waals surface area contributed by atoms with Gasteiger partial charge in [-0.2, -0.15) is 0 Å². The number of fused-ring (bicyclic) bond motifs is 1. The minimum absolute atomic E-state index is 0.0145.